The fourth-order valence-corrected chi connectivity index (χ4v) is 4.00. The maximum absolute atomic E-state index is 12.6. The van der Waals surface area contributed by atoms with E-state index in [1.54, 1.807) is 43.3 Å². The number of nitrogens with one attached hydrogen (secondary N) is 1. The van der Waals surface area contributed by atoms with Gasteiger partial charge < -0.3 is 5.32 Å². The monoisotopic (exact) mass is 400 g/mol. The van der Waals surface area contributed by atoms with Crippen molar-refractivity contribution in [3.63, 3.8) is 0 Å². The summed E-state index contributed by atoms with van der Waals surface area (Å²) < 4.78 is 25.5. The van der Waals surface area contributed by atoms with Crippen LogP contribution < -0.4 is 9.62 Å². The maximum Gasteiger partial charge on any atom is 0.248 e. The topological polar surface area (TPSA) is 66.5 Å². The first-order chi connectivity index (χ1) is 11.6. The van der Waals surface area contributed by atoms with E-state index in [1.165, 1.54) is 13.0 Å². The van der Waals surface area contributed by atoms with Crippen LogP contribution >= 0.6 is 23.2 Å². The highest BCUT2D eigenvalue weighted by atomic mass is 35.5. The van der Waals surface area contributed by atoms with Gasteiger partial charge in [0.25, 0.3) is 0 Å². The van der Waals surface area contributed by atoms with Gasteiger partial charge in [-0.2, -0.15) is 0 Å². The molecule has 0 bridgehead atoms. The predicted octanol–water partition coefficient (Wildman–Crippen LogP) is 4.10. The summed E-state index contributed by atoms with van der Waals surface area (Å²) in [5, 5.41) is 3.67. The number of aryl methyl sites for hydroxylation is 1. The number of carbonyl (C=O) groups is 1. The van der Waals surface area contributed by atoms with Gasteiger partial charge in [0.15, 0.2) is 0 Å². The van der Waals surface area contributed by atoms with Crippen molar-refractivity contribution >= 4 is 50.5 Å². The summed E-state index contributed by atoms with van der Waals surface area (Å²) in [6.45, 7) is 3.32. The van der Waals surface area contributed by atoms with Crippen LogP contribution in [0.5, 0.6) is 0 Å². The van der Waals surface area contributed by atoms with E-state index in [4.69, 9.17) is 23.2 Å². The Morgan fingerprint density at radius 3 is 2.32 bits per heavy atom. The Kier molecular flexibility index (Phi) is 5.98. The van der Waals surface area contributed by atoms with Gasteiger partial charge in [-0.3, -0.25) is 9.10 Å². The summed E-state index contributed by atoms with van der Waals surface area (Å²) in [7, 11) is -3.70. The zero-order chi connectivity index (χ0) is 18.8. The number of carbonyl (C=O) groups excluding carboxylic acids is 1. The summed E-state index contributed by atoms with van der Waals surface area (Å²) in [6.07, 6.45) is 1.05. The Hall–Kier alpha value is -1.76. The smallest absolute Gasteiger partial charge is 0.248 e. The standard InChI is InChI=1S/C17H18Cl2N2O3S/c1-11-9-14(19)7-8-16(11)20-17(22)12(2)21(25(3,23)24)15-6-4-5-13(18)10-15/h4-10,12H,1-3H3,(H,20,22)/t12-/m0/s1. The first-order valence-corrected chi connectivity index (χ1v) is 10.0. The quantitative estimate of drug-likeness (QED) is 0.821. The molecule has 1 atom stereocenters. The van der Waals surface area contributed by atoms with Crippen molar-refractivity contribution in [3.05, 3.63) is 58.1 Å². The molecule has 0 aliphatic rings. The highest BCUT2D eigenvalue weighted by Gasteiger charge is 2.29. The van der Waals surface area contributed by atoms with Gasteiger partial charge in [0, 0.05) is 15.7 Å². The van der Waals surface area contributed by atoms with Crippen molar-refractivity contribution in [2.45, 2.75) is 19.9 Å². The SMILES string of the molecule is Cc1cc(Cl)ccc1NC(=O)[C@H](C)N(c1cccc(Cl)c1)S(C)(=O)=O. The van der Waals surface area contributed by atoms with Crippen LogP contribution in [-0.2, 0) is 14.8 Å². The van der Waals surface area contributed by atoms with E-state index < -0.39 is 22.0 Å². The van der Waals surface area contributed by atoms with Gasteiger partial charge >= 0.3 is 0 Å². The Balaban J connectivity index is 2.33. The lowest BCUT2D eigenvalue weighted by Gasteiger charge is -2.28. The molecule has 2 aromatic carbocycles. The van der Waals surface area contributed by atoms with Crippen molar-refractivity contribution in [1.29, 1.82) is 0 Å². The third-order valence-corrected chi connectivity index (χ3v) is 5.31. The van der Waals surface area contributed by atoms with E-state index in [9.17, 15) is 13.2 Å². The summed E-state index contributed by atoms with van der Waals surface area (Å²) in [5.74, 6) is -0.462. The van der Waals surface area contributed by atoms with E-state index in [1.807, 2.05) is 0 Å². The fourth-order valence-electron chi connectivity index (χ4n) is 2.43. The molecule has 5 nitrogen and oxygen atoms in total. The number of anilines is 2. The highest BCUT2D eigenvalue weighted by molar-refractivity contribution is 7.92. The molecule has 8 heteroatoms. The molecule has 2 aromatic rings. The molecular weight excluding hydrogens is 383 g/mol. The number of hydrogen-bond acceptors (Lipinski definition) is 3. The zero-order valence-electron chi connectivity index (χ0n) is 14.0. The van der Waals surface area contributed by atoms with Gasteiger partial charge in [0.05, 0.1) is 11.9 Å². The van der Waals surface area contributed by atoms with E-state index in [0.29, 0.717) is 21.4 Å². The number of halogens is 2. The molecular formula is C17H18Cl2N2O3S. The molecule has 2 rings (SSSR count). The lowest BCUT2D eigenvalue weighted by atomic mass is 10.2. The highest BCUT2D eigenvalue weighted by Crippen LogP contribution is 2.25. The number of benzene rings is 2. The van der Waals surface area contributed by atoms with Crippen LogP contribution in [0.15, 0.2) is 42.5 Å². The van der Waals surface area contributed by atoms with Crippen LogP contribution in [0.4, 0.5) is 11.4 Å². The minimum absolute atomic E-state index is 0.325. The minimum atomic E-state index is -3.70. The van der Waals surface area contributed by atoms with Crippen molar-refractivity contribution < 1.29 is 13.2 Å². The minimum Gasteiger partial charge on any atom is -0.324 e. The lowest BCUT2D eigenvalue weighted by Crippen LogP contribution is -2.45. The first-order valence-electron chi connectivity index (χ1n) is 7.41. The molecule has 0 saturated carbocycles. The van der Waals surface area contributed by atoms with Crippen molar-refractivity contribution in [3.8, 4) is 0 Å². The summed E-state index contributed by atoms with van der Waals surface area (Å²) >= 11 is 11.9. The summed E-state index contributed by atoms with van der Waals surface area (Å²) in [6, 6.07) is 10.4. The Morgan fingerprint density at radius 1 is 1.12 bits per heavy atom. The molecule has 0 aromatic heterocycles. The van der Waals surface area contributed by atoms with Gasteiger partial charge in [-0.25, -0.2) is 8.42 Å². The average molecular weight is 401 g/mol. The van der Waals surface area contributed by atoms with Crippen LogP contribution in [-0.4, -0.2) is 26.6 Å². The van der Waals surface area contributed by atoms with Crippen LogP contribution in [0.25, 0.3) is 0 Å². The van der Waals surface area contributed by atoms with Crippen molar-refractivity contribution in [2.75, 3.05) is 15.9 Å². The third-order valence-electron chi connectivity index (χ3n) is 3.60. The number of hydrogen-bond donors (Lipinski definition) is 1. The second kappa shape index (κ2) is 7.64. The van der Waals surface area contributed by atoms with Gasteiger partial charge in [0.1, 0.15) is 6.04 Å². The average Bonchev–Trinajstić information content (AvgIpc) is 2.48. The van der Waals surface area contributed by atoms with Crippen molar-refractivity contribution in [2.24, 2.45) is 0 Å². The Morgan fingerprint density at radius 2 is 1.76 bits per heavy atom. The maximum atomic E-state index is 12.6. The number of amides is 1. The lowest BCUT2D eigenvalue weighted by molar-refractivity contribution is -0.116. The molecule has 1 amide bonds. The fraction of sp³-hybridized carbons (Fsp3) is 0.235. The van der Waals surface area contributed by atoms with Crippen molar-refractivity contribution in [1.82, 2.24) is 0 Å². The van der Waals surface area contributed by atoms with Crippen LogP contribution in [0.2, 0.25) is 10.0 Å². The molecule has 0 heterocycles. The number of rotatable bonds is 5. The van der Waals surface area contributed by atoms with Gasteiger partial charge in [0.2, 0.25) is 15.9 Å². The second-order valence-corrected chi connectivity index (χ2v) is 8.40. The molecule has 0 unspecified atom stereocenters. The molecule has 0 fully saturated rings. The molecule has 0 saturated heterocycles. The largest absolute Gasteiger partial charge is 0.324 e. The van der Waals surface area contributed by atoms with E-state index in [-0.39, 0.29) is 0 Å². The summed E-state index contributed by atoms with van der Waals surface area (Å²) in [5.41, 5.74) is 1.67. The molecule has 134 valence electrons. The molecule has 25 heavy (non-hydrogen) atoms. The molecule has 0 radical (unpaired) electrons. The second-order valence-electron chi connectivity index (χ2n) is 5.66. The van der Waals surface area contributed by atoms with Gasteiger partial charge in [-0.05, 0) is 55.8 Å². The molecule has 0 aliphatic heterocycles. The van der Waals surface area contributed by atoms with Crippen LogP contribution in [0.1, 0.15) is 12.5 Å². The Labute approximate surface area is 157 Å². The van der Waals surface area contributed by atoms with E-state index >= 15 is 0 Å². The third kappa shape index (κ3) is 4.87. The zero-order valence-corrected chi connectivity index (χ0v) is 16.3. The normalized spacial score (nSPS) is 12.5. The van der Waals surface area contributed by atoms with Crippen LogP contribution in [0.3, 0.4) is 0 Å². The molecule has 0 aliphatic carbocycles. The first kappa shape index (κ1) is 19.6. The summed E-state index contributed by atoms with van der Waals surface area (Å²) in [4.78, 5) is 12.6. The molecule has 0 spiro atoms. The van der Waals surface area contributed by atoms with Crippen LogP contribution in [0, 0.1) is 6.92 Å². The van der Waals surface area contributed by atoms with E-state index in [0.717, 1.165) is 16.1 Å². The van der Waals surface area contributed by atoms with Gasteiger partial charge in [-0.1, -0.05) is 29.3 Å². The predicted molar refractivity (Wildman–Crippen MR) is 103 cm³/mol. The number of nitrogens with zero attached hydrogens (tertiary/aromatic N) is 1. The number of sulfonamides is 1. The van der Waals surface area contributed by atoms with E-state index in [2.05, 4.69) is 5.32 Å². The molecule has 1 N–H and O–H groups in total. The Bertz CT molecular complexity index is 901. The van der Waals surface area contributed by atoms with Gasteiger partial charge in [-0.15, -0.1) is 0 Å².